The summed E-state index contributed by atoms with van der Waals surface area (Å²) in [6.45, 7) is 3.29. The van der Waals surface area contributed by atoms with Gasteiger partial charge < -0.3 is 20.1 Å². The van der Waals surface area contributed by atoms with Gasteiger partial charge in [-0.25, -0.2) is 8.78 Å². The lowest BCUT2D eigenvalue weighted by Gasteiger charge is -2.44. The van der Waals surface area contributed by atoms with Gasteiger partial charge in [0.1, 0.15) is 6.61 Å². The molecule has 2 N–H and O–H groups in total. The molecule has 1 saturated heterocycles. The maximum absolute atomic E-state index is 13.8. The Balaban J connectivity index is 1.44. The Kier molecular flexibility index (Phi) is 6.90. The van der Waals surface area contributed by atoms with E-state index in [1.165, 1.54) is 0 Å². The van der Waals surface area contributed by atoms with Crippen LogP contribution in [0.3, 0.4) is 0 Å². The molecule has 0 bridgehead atoms. The van der Waals surface area contributed by atoms with Gasteiger partial charge >= 0.3 is 0 Å². The SMILES string of the molecule is CC(Oc1c(F)ccc(F)c1F)C1CCN(C(=O)CC2CC(N)(COC=O)C2)CC1. The quantitative estimate of drug-likeness (QED) is 0.509. The van der Waals surface area contributed by atoms with Crippen LogP contribution < -0.4 is 10.5 Å². The van der Waals surface area contributed by atoms with Crippen molar-refractivity contribution in [1.82, 2.24) is 4.90 Å². The van der Waals surface area contributed by atoms with Crippen LogP contribution >= 0.6 is 0 Å². The van der Waals surface area contributed by atoms with E-state index >= 15 is 0 Å². The second-order valence-electron chi connectivity index (χ2n) is 8.46. The normalized spacial score (nSPS) is 25.4. The standard InChI is InChI=1S/C21H27F3N2O4/c1-13(30-20-17(23)3-2-16(22)19(20)24)15-4-6-26(7-5-15)18(28)8-14-9-21(25,10-14)11-29-12-27/h2-3,12-15H,4-11,25H2,1H3. The molecule has 166 valence electrons. The molecule has 0 spiro atoms. The van der Waals surface area contributed by atoms with Crippen LogP contribution in [0, 0.1) is 29.3 Å². The molecule has 1 saturated carbocycles. The Morgan fingerprint density at radius 3 is 2.53 bits per heavy atom. The topological polar surface area (TPSA) is 81.9 Å². The number of benzene rings is 1. The average Bonchev–Trinajstić information content (AvgIpc) is 2.71. The fraction of sp³-hybridized carbons (Fsp3) is 0.619. The number of ether oxygens (including phenoxy) is 2. The molecule has 9 heteroatoms. The Bertz CT molecular complexity index is 778. The smallest absolute Gasteiger partial charge is 0.293 e. The number of nitrogens with zero attached hydrogens (tertiary/aromatic N) is 1. The fourth-order valence-electron chi connectivity index (χ4n) is 4.45. The van der Waals surface area contributed by atoms with Crippen LogP contribution in [0.5, 0.6) is 5.75 Å². The highest BCUT2D eigenvalue weighted by Gasteiger charge is 2.43. The number of halogens is 3. The molecule has 0 radical (unpaired) electrons. The van der Waals surface area contributed by atoms with E-state index in [-0.39, 0.29) is 24.3 Å². The lowest BCUT2D eigenvalue weighted by atomic mass is 9.68. The fourth-order valence-corrected chi connectivity index (χ4v) is 4.45. The minimum absolute atomic E-state index is 0.00278. The van der Waals surface area contributed by atoms with Gasteiger partial charge in [-0.1, -0.05) is 0 Å². The van der Waals surface area contributed by atoms with E-state index in [0.717, 1.165) is 12.1 Å². The first-order valence-corrected chi connectivity index (χ1v) is 10.1. The maximum atomic E-state index is 13.8. The molecule has 1 aliphatic heterocycles. The molecule has 2 fully saturated rings. The van der Waals surface area contributed by atoms with Gasteiger partial charge in [-0.15, -0.1) is 0 Å². The van der Waals surface area contributed by atoms with Crippen LogP contribution in [0.25, 0.3) is 0 Å². The number of amides is 1. The Morgan fingerprint density at radius 1 is 1.27 bits per heavy atom. The first kappa shape index (κ1) is 22.4. The molecule has 30 heavy (non-hydrogen) atoms. The molecule has 0 aromatic heterocycles. The van der Waals surface area contributed by atoms with Crippen LogP contribution in [0.1, 0.15) is 39.0 Å². The number of likely N-dealkylation sites (tertiary alicyclic amines) is 1. The van der Waals surface area contributed by atoms with Crippen LogP contribution in [-0.4, -0.2) is 48.6 Å². The van der Waals surface area contributed by atoms with Crippen molar-refractivity contribution in [3.8, 4) is 5.75 Å². The van der Waals surface area contributed by atoms with E-state index in [9.17, 15) is 22.8 Å². The molecule has 1 aliphatic carbocycles. The Hall–Kier alpha value is -2.29. The molecule has 1 amide bonds. The summed E-state index contributed by atoms with van der Waals surface area (Å²) in [5.41, 5.74) is 5.54. The van der Waals surface area contributed by atoms with E-state index in [2.05, 4.69) is 0 Å². The minimum Gasteiger partial charge on any atom is -0.484 e. The second kappa shape index (κ2) is 9.24. The number of rotatable bonds is 8. The highest BCUT2D eigenvalue weighted by molar-refractivity contribution is 5.76. The highest BCUT2D eigenvalue weighted by Crippen LogP contribution is 2.39. The summed E-state index contributed by atoms with van der Waals surface area (Å²) in [5, 5.41) is 0. The zero-order valence-electron chi connectivity index (χ0n) is 16.9. The van der Waals surface area contributed by atoms with Crippen molar-refractivity contribution >= 4 is 12.4 Å². The third-order valence-electron chi connectivity index (χ3n) is 6.15. The van der Waals surface area contributed by atoms with Crippen molar-refractivity contribution in [2.45, 2.75) is 50.7 Å². The van der Waals surface area contributed by atoms with Gasteiger partial charge in [0.05, 0.1) is 11.6 Å². The van der Waals surface area contributed by atoms with Gasteiger partial charge in [-0.2, -0.15) is 4.39 Å². The van der Waals surface area contributed by atoms with Gasteiger partial charge in [-0.3, -0.25) is 9.59 Å². The van der Waals surface area contributed by atoms with Gasteiger partial charge in [-0.05, 0) is 56.6 Å². The van der Waals surface area contributed by atoms with Gasteiger partial charge in [0.15, 0.2) is 17.4 Å². The summed E-state index contributed by atoms with van der Waals surface area (Å²) >= 11 is 0. The molecule has 1 aromatic carbocycles. The van der Waals surface area contributed by atoms with Crippen molar-refractivity contribution < 1.29 is 32.2 Å². The first-order valence-electron chi connectivity index (χ1n) is 10.1. The Morgan fingerprint density at radius 2 is 1.90 bits per heavy atom. The van der Waals surface area contributed by atoms with Crippen molar-refractivity contribution in [2.24, 2.45) is 17.6 Å². The summed E-state index contributed by atoms with van der Waals surface area (Å²) in [6, 6.07) is 1.56. The minimum atomic E-state index is -1.33. The predicted octanol–water partition coefficient (Wildman–Crippen LogP) is 2.78. The first-order chi connectivity index (χ1) is 14.2. The highest BCUT2D eigenvalue weighted by atomic mass is 19.2. The molecule has 6 nitrogen and oxygen atoms in total. The van der Waals surface area contributed by atoms with Crippen molar-refractivity contribution in [3.63, 3.8) is 0 Å². The van der Waals surface area contributed by atoms with Crippen molar-refractivity contribution in [3.05, 3.63) is 29.6 Å². The van der Waals surface area contributed by atoms with Gasteiger partial charge in [0.2, 0.25) is 11.7 Å². The zero-order chi connectivity index (χ0) is 21.9. The molecule has 3 rings (SSSR count). The molecule has 1 unspecified atom stereocenters. The van der Waals surface area contributed by atoms with Crippen LogP contribution in [-0.2, 0) is 14.3 Å². The number of nitrogens with two attached hydrogens (primary N) is 1. The second-order valence-corrected chi connectivity index (χ2v) is 8.46. The van der Waals surface area contributed by atoms with E-state index < -0.39 is 34.8 Å². The van der Waals surface area contributed by atoms with Gasteiger partial charge in [0.25, 0.3) is 6.47 Å². The van der Waals surface area contributed by atoms with Gasteiger partial charge in [0, 0.05) is 19.5 Å². The predicted molar refractivity (Wildman–Crippen MR) is 102 cm³/mol. The largest absolute Gasteiger partial charge is 0.484 e. The van der Waals surface area contributed by atoms with E-state index in [4.69, 9.17) is 15.2 Å². The van der Waals surface area contributed by atoms with Crippen molar-refractivity contribution in [1.29, 1.82) is 0 Å². The van der Waals surface area contributed by atoms with E-state index in [1.807, 2.05) is 0 Å². The zero-order valence-corrected chi connectivity index (χ0v) is 16.9. The molecule has 2 aliphatic rings. The summed E-state index contributed by atoms with van der Waals surface area (Å²) < 4.78 is 51.1. The van der Waals surface area contributed by atoms with E-state index in [0.29, 0.717) is 51.7 Å². The molecular formula is C21H27F3N2O4. The average molecular weight is 428 g/mol. The number of piperidine rings is 1. The summed E-state index contributed by atoms with van der Waals surface area (Å²) in [6.07, 6.45) is 2.41. The summed E-state index contributed by atoms with van der Waals surface area (Å²) in [4.78, 5) is 24.6. The Labute approximate surface area is 173 Å². The molecule has 1 aromatic rings. The summed E-state index contributed by atoms with van der Waals surface area (Å²) in [7, 11) is 0. The van der Waals surface area contributed by atoms with Crippen LogP contribution in [0.2, 0.25) is 0 Å². The van der Waals surface area contributed by atoms with E-state index in [1.54, 1.807) is 11.8 Å². The van der Waals surface area contributed by atoms with Crippen LogP contribution in [0.4, 0.5) is 13.2 Å². The number of hydrogen-bond acceptors (Lipinski definition) is 5. The van der Waals surface area contributed by atoms with Crippen molar-refractivity contribution in [2.75, 3.05) is 19.7 Å². The molecular weight excluding hydrogens is 401 g/mol. The maximum Gasteiger partial charge on any atom is 0.293 e. The summed E-state index contributed by atoms with van der Waals surface area (Å²) in [5.74, 6) is -3.90. The monoisotopic (exact) mass is 428 g/mol. The number of carbonyl (C=O) groups excluding carboxylic acids is 2. The lowest BCUT2D eigenvalue weighted by molar-refractivity contribution is -0.138. The lowest BCUT2D eigenvalue weighted by Crippen LogP contribution is -2.56. The third kappa shape index (κ3) is 5.06. The number of carbonyl (C=O) groups is 2. The van der Waals surface area contributed by atoms with Crippen LogP contribution in [0.15, 0.2) is 12.1 Å². The third-order valence-corrected chi connectivity index (χ3v) is 6.15. The number of hydrogen-bond donors (Lipinski definition) is 1. The molecule has 1 atom stereocenters. The molecule has 1 heterocycles.